The molecule has 1 amide bonds. The maximum absolute atomic E-state index is 12.3. The van der Waals surface area contributed by atoms with Crippen molar-refractivity contribution in [3.63, 3.8) is 0 Å². The number of aliphatic imine (C=N–C) groups is 1. The molecule has 0 bridgehead atoms. The zero-order valence-electron chi connectivity index (χ0n) is 16.2. The lowest BCUT2D eigenvalue weighted by molar-refractivity contribution is 0.0951. The Labute approximate surface area is 161 Å². The maximum Gasteiger partial charge on any atom is 0.251 e. The molecule has 1 aromatic rings. The van der Waals surface area contributed by atoms with Crippen molar-refractivity contribution >= 4 is 11.9 Å². The maximum atomic E-state index is 12.3. The Kier molecular flexibility index (Phi) is 5.34. The molecule has 1 saturated carbocycles. The third-order valence-electron chi connectivity index (χ3n) is 5.77. The van der Waals surface area contributed by atoms with Crippen LogP contribution in [0, 0.1) is 5.41 Å². The molecule has 6 nitrogen and oxygen atoms in total. The molecule has 1 atom stereocenters. The minimum absolute atomic E-state index is 0.0259. The highest BCUT2D eigenvalue weighted by Crippen LogP contribution is 2.38. The quantitative estimate of drug-likeness (QED) is 0.616. The van der Waals surface area contributed by atoms with Gasteiger partial charge in [-0.25, -0.2) is 4.99 Å². The van der Waals surface area contributed by atoms with Crippen molar-refractivity contribution in [1.29, 1.82) is 0 Å². The monoisotopic (exact) mass is 370 g/mol. The van der Waals surface area contributed by atoms with Crippen molar-refractivity contribution < 1.29 is 9.53 Å². The SMILES string of the molecule is CCNC(=NCc1cccc(C(=O)NC2CC2)c1)N1CCC2(CCOC2)C1. The average Bonchev–Trinajstić information content (AvgIpc) is 3.22. The van der Waals surface area contributed by atoms with Gasteiger partial charge in [-0.2, -0.15) is 0 Å². The largest absolute Gasteiger partial charge is 0.381 e. The van der Waals surface area contributed by atoms with Gasteiger partial charge in [0.25, 0.3) is 5.91 Å². The molecule has 2 heterocycles. The second-order valence-electron chi connectivity index (χ2n) is 8.09. The van der Waals surface area contributed by atoms with E-state index >= 15 is 0 Å². The van der Waals surface area contributed by atoms with Crippen molar-refractivity contribution in [3.05, 3.63) is 35.4 Å². The minimum atomic E-state index is 0.0259. The molecule has 0 radical (unpaired) electrons. The first-order valence-corrected chi connectivity index (χ1v) is 10.2. The highest BCUT2D eigenvalue weighted by atomic mass is 16.5. The van der Waals surface area contributed by atoms with Crippen LogP contribution in [0.1, 0.15) is 48.5 Å². The predicted octanol–water partition coefficient (Wildman–Crippen LogP) is 2.16. The number of carbonyl (C=O) groups is 1. The number of rotatable bonds is 5. The number of hydrogen-bond acceptors (Lipinski definition) is 3. The molecule has 3 aliphatic rings. The van der Waals surface area contributed by atoms with Crippen LogP contribution in [-0.4, -0.2) is 55.7 Å². The summed E-state index contributed by atoms with van der Waals surface area (Å²) < 4.78 is 5.64. The molecule has 6 heteroatoms. The standard InChI is InChI=1S/C21H30N4O2/c1-2-22-20(25-10-8-21(14-25)9-11-27-15-21)23-13-16-4-3-5-17(12-16)19(26)24-18-6-7-18/h3-5,12,18H,2,6-11,13-15H2,1H3,(H,22,23)(H,24,26). The van der Waals surface area contributed by atoms with E-state index in [0.717, 1.165) is 69.2 Å². The Morgan fingerprint density at radius 1 is 1.37 bits per heavy atom. The highest BCUT2D eigenvalue weighted by molar-refractivity contribution is 5.94. The number of likely N-dealkylation sites (tertiary alicyclic amines) is 1. The fraction of sp³-hybridized carbons (Fsp3) is 0.619. The molecule has 1 aliphatic carbocycles. The second-order valence-corrected chi connectivity index (χ2v) is 8.09. The summed E-state index contributed by atoms with van der Waals surface area (Å²) in [7, 11) is 0. The molecule has 3 fully saturated rings. The van der Waals surface area contributed by atoms with Gasteiger partial charge in [-0.1, -0.05) is 12.1 Å². The first-order valence-electron chi connectivity index (χ1n) is 10.2. The van der Waals surface area contributed by atoms with Gasteiger partial charge in [0.15, 0.2) is 5.96 Å². The Balaban J connectivity index is 1.42. The number of carbonyl (C=O) groups excluding carboxylic acids is 1. The van der Waals surface area contributed by atoms with Crippen molar-refractivity contribution in [2.24, 2.45) is 10.4 Å². The molecule has 2 aliphatic heterocycles. The molecule has 0 aromatic heterocycles. The lowest BCUT2D eigenvalue weighted by atomic mass is 9.87. The fourth-order valence-electron chi connectivity index (χ4n) is 3.99. The first kappa shape index (κ1) is 18.3. The Morgan fingerprint density at radius 2 is 2.26 bits per heavy atom. The first-order chi connectivity index (χ1) is 13.2. The number of guanidine groups is 1. The molecule has 146 valence electrons. The fourth-order valence-corrected chi connectivity index (χ4v) is 3.99. The van der Waals surface area contributed by atoms with Crippen molar-refractivity contribution in [2.45, 2.75) is 45.2 Å². The smallest absolute Gasteiger partial charge is 0.251 e. The summed E-state index contributed by atoms with van der Waals surface area (Å²) in [6.45, 7) is 7.33. The number of nitrogens with zero attached hydrogens (tertiary/aromatic N) is 2. The van der Waals surface area contributed by atoms with Crippen LogP contribution in [0.4, 0.5) is 0 Å². The summed E-state index contributed by atoms with van der Waals surface area (Å²) in [5.41, 5.74) is 2.10. The van der Waals surface area contributed by atoms with Gasteiger partial charge in [-0.3, -0.25) is 4.79 Å². The predicted molar refractivity (Wildman–Crippen MR) is 106 cm³/mol. The molecular formula is C21H30N4O2. The Morgan fingerprint density at radius 3 is 3.00 bits per heavy atom. The van der Waals surface area contributed by atoms with Crippen LogP contribution in [0.3, 0.4) is 0 Å². The zero-order valence-corrected chi connectivity index (χ0v) is 16.2. The normalized spacial score (nSPS) is 25.2. The number of amides is 1. The molecule has 1 spiro atoms. The number of hydrogen-bond donors (Lipinski definition) is 2. The summed E-state index contributed by atoms with van der Waals surface area (Å²) in [6.07, 6.45) is 4.53. The van der Waals surface area contributed by atoms with Gasteiger partial charge >= 0.3 is 0 Å². The van der Waals surface area contributed by atoms with E-state index < -0.39 is 0 Å². The number of benzene rings is 1. The summed E-state index contributed by atoms with van der Waals surface area (Å²) in [5.74, 6) is 0.993. The van der Waals surface area contributed by atoms with Crippen LogP contribution in [0.15, 0.2) is 29.3 Å². The topological polar surface area (TPSA) is 66.0 Å². The number of nitrogens with one attached hydrogen (secondary N) is 2. The van der Waals surface area contributed by atoms with Gasteiger partial charge in [-0.05, 0) is 50.3 Å². The van der Waals surface area contributed by atoms with Crippen LogP contribution >= 0.6 is 0 Å². The lowest BCUT2D eigenvalue weighted by Crippen LogP contribution is -2.41. The van der Waals surface area contributed by atoms with Gasteiger partial charge in [0.1, 0.15) is 0 Å². The molecule has 4 rings (SSSR count). The third kappa shape index (κ3) is 4.43. The second kappa shape index (κ2) is 7.89. The van der Waals surface area contributed by atoms with Gasteiger partial charge in [-0.15, -0.1) is 0 Å². The molecule has 1 unspecified atom stereocenters. The lowest BCUT2D eigenvalue weighted by Gasteiger charge is -2.25. The Bertz CT molecular complexity index is 708. The molecular weight excluding hydrogens is 340 g/mol. The summed E-state index contributed by atoms with van der Waals surface area (Å²) >= 11 is 0. The van der Waals surface area contributed by atoms with E-state index in [1.54, 1.807) is 0 Å². The van der Waals surface area contributed by atoms with Crippen LogP contribution in [-0.2, 0) is 11.3 Å². The van der Waals surface area contributed by atoms with Crippen LogP contribution in [0.2, 0.25) is 0 Å². The highest BCUT2D eigenvalue weighted by Gasteiger charge is 2.42. The summed E-state index contributed by atoms with van der Waals surface area (Å²) in [4.78, 5) is 19.5. The average molecular weight is 370 g/mol. The van der Waals surface area contributed by atoms with E-state index in [1.165, 1.54) is 6.42 Å². The zero-order chi connectivity index (χ0) is 18.7. The summed E-state index contributed by atoms with van der Waals surface area (Å²) in [6, 6.07) is 8.19. The van der Waals surface area contributed by atoms with E-state index in [4.69, 9.17) is 9.73 Å². The molecule has 2 saturated heterocycles. The van der Waals surface area contributed by atoms with Crippen LogP contribution in [0.25, 0.3) is 0 Å². The van der Waals surface area contributed by atoms with E-state index in [9.17, 15) is 4.79 Å². The molecule has 2 N–H and O–H groups in total. The Hall–Kier alpha value is -2.08. The molecule has 1 aromatic carbocycles. The van der Waals surface area contributed by atoms with Crippen molar-refractivity contribution in [1.82, 2.24) is 15.5 Å². The van der Waals surface area contributed by atoms with Crippen molar-refractivity contribution in [2.75, 3.05) is 32.8 Å². The van der Waals surface area contributed by atoms with Crippen LogP contribution in [0.5, 0.6) is 0 Å². The van der Waals surface area contributed by atoms with Gasteiger partial charge in [0.05, 0.1) is 13.2 Å². The molecule has 27 heavy (non-hydrogen) atoms. The number of ether oxygens (including phenoxy) is 1. The van der Waals surface area contributed by atoms with Gasteiger partial charge < -0.3 is 20.3 Å². The minimum Gasteiger partial charge on any atom is -0.381 e. The third-order valence-corrected chi connectivity index (χ3v) is 5.77. The van der Waals surface area contributed by atoms with Gasteiger partial charge in [0, 0.05) is 43.3 Å². The van der Waals surface area contributed by atoms with Gasteiger partial charge in [0.2, 0.25) is 0 Å². The van der Waals surface area contributed by atoms with E-state index in [0.29, 0.717) is 18.0 Å². The summed E-state index contributed by atoms with van der Waals surface area (Å²) in [5, 5.41) is 6.48. The van der Waals surface area contributed by atoms with E-state index in [-0.39, 0.29) is 5.91 Å². The van der Waals surface area contributed by atoms with E-state index in [1.807, 2.05) is 24.3 Å². The van der Waals surface area contributed by atoms with Crippen LogP contribution < -0.4 is 10.6 Å². The van der Waals surface area contributed by atoms with E-state index in [2.05, 4.69) is 22.5 Å². The van der Waals surface area contributed by atoms with Crippen molar-refractivity contribution in [3.8, 4) is 0 Å².